The van der Waals surface area contributed by atoms with E-state index in [1.165, 1.54) is 24.8 Å². The molecule has 4 nitrogen and oxygen atoms in total. The summed E-state index contributed by atoms with van der Waals surface area (Å²) in [4.78, 5) is 4.88. The molecule has 1 aromatic rings. The van der Waals surface area contributed by atoms with Gasteiger partial charge in [0.2, 0.25) is 0 Å². The lowest BCUT2D eigenvalue weighted by Gasteiger charge is -2.41. The zero-order valence-electron chi connectivity index (χ0n) is 15.7. The van der Waals surface area contributed by atoms with E-state index < -0.39 is 0 Å². The molecular formula is C20H34IN3O. The Morgan fingerprint density at radius 1 is 1.12 bits per heavy atom. The number of ether oxygens (including phenoxy) is 1. The first-order valence-corrected chi connectivity index (χ1v) is 9.46. The average Bonchev–Trinajstić information content (AvgIpc) is 2.58. The maximum atomic E-state index is 5.38. The SMILES string of the molecule is CCNC(=NCC1(c2ccccc2)CCC1)NCCCCOCC.I. The van der Waals surface area contributed by atoms with E-state index in [1.54, 1.807) is 0 Å². The molecule has 0 saturated heterocycles. The van der Waals surface area contributed by atoms with E-state index in [4.69, 9.17) is 9.73 Å². The zero-order valence-corrected chi connectivity index (χ0v) is 18.1. The number of benzene rings is 1. The molecule has 1 aliphatic carbocycles. The summed E-state index contributed by atoms with van der Waals surface area (Å²) in [7, 11) is 0. The molecule has 0 spiro atoms. The van der Waals surface area contributed by atoms with Crippen molar-refractivity contribution in [3.8, 4) is 0 Å². The topological polar surface area (TPSA) is 45.7 Å². The molecule has 1 aliphatic rings. The molecule has 142 valence electrons. The summed E-state index contributed by atoms with van der Waals surface area (Å²) in [5.74, 6) is 0.941. The van der Waals surface area contributed by atoms with Crippen LogP contribution in [0.25, 0.3) is 0 Å². The summed E-state index contributed by atoms with van der Waals surface area (Å²) in [6.07, 6.45) is 6.00. The Morgan fingerprint density at radius 2 is 1.88 bits per heavy atom. The predicted molar refractivity (Wildman–Crippen MR) is 117 cm³/mol. The third-order valence-corrected chi connectivity index (χ3v) is 4.79. The van der Waals surface area contributed by atoms with Crippen molar-refractivity contribution in [2.45, 2.75) is 51.4 Å². The summed E-state index contributed by atoms with van der Waals surface area (Å²) in [6, 6.07) is 10.9. The van der Waals surface area contributed by atoms with Gasteiger partial charge in [-0.05, 0) is 45.1 Å². The highest BCUT2D eigenvalue weighted by molar-refractivity contribution is 14.0. The monoisotopic (exact) mass is 459 g/mol. The quantitative estimate of drug-likeness (QED) is 0.240. The maximum Gasteiger partial charge on any atom is 0.191 e. The minimum Gasteiger partial charge on any atom is -0.382 e. The third kappa shape index (κ3) is 7.13. The predicted octanol–water partition coefficient (Wildman–Crippen LogP) is 4.10. The van der Waals surface area contributed by atoms with E-state index in [0.29, 0.717) is 0 Å². The van der Waals surface area contributed by atoms with E-state index in [0.717, 1.165) is 51.6 Å². The van der Waals surface area contributed by atoms with Crippen molar-refractivity contribution in [2.75, 3.05) is 32.8 Å². The van der Waals surface area contributed by atoms with Crippen LogP contribution in [0.4, 0.5) is 0 Å². The first-order valence-electron chi connectivity index (χ1n) is 9.46. The second kappa shape index (κ2) is 12.5. The lowest BCUT2D eigenvalue weighted by atomic mass is 9.64. The molecule has 0 heterocycles. The van der Waals surface area contributed by atoms with Gasteiger partial charge in [0.25, 0.3) is 0 Å². The lowest BCUT2D eigenvalue weighted by molar-refractivity contribution is 0.143. The zero-order chi connectivity index (χ0) is 17.1. The highest BCUT2D eigenvalue weighted by Crippen LogP contribution is 2.43. The smallest absolute Gasteiger partial charge is 0.191 e. The fraction of sp³-hybridized carbons (Fsp3) is 0.650. The Morgan fingerprint density at radius 3 is 2.48 bits per heavy atom. The van der Waals surface area contributed by atoms with Crippen molar-refractivity contribution in [3.05, 3.63) is 35.9 Å². The van der Waals surface area contributed by atoms with Crippen molar-refractivity contribution < 1.29 is 4.74 Å². The highest BCUT2D eigenvalue weighted by Gasteiger charge is 2.38. The molecule has 0 atom stereocenters. The van der Waals surface area contributed by atoms with Gasteiger partial charge < -0.3 is 15.4 Å². The first kappa shape index (κ1) is 22.2. The molecule has 2 N–H and O–H groups in total. The fourth-order valence-electron chi connectivity index (χ4n) is 3.19. The number of guanidine groups is 1. The molecule has 0 amide bonds. The Labute approximate surface area is 170 Å². The fourth-order valence-corrected chi connectivity index (χ4v) is 3.19. The van der Waals surface area contributed by atoms with E-state index in [1.807, 2.05) is 6.92 Å². The van der Waals surface area contributed by atoms with Gasteiger partial charge in [-0.15, -0.1) is 24.0 Å². The number of halogens is 1. The van der Waals surface area contributed by atoms with Crippen molar-refractivity contribution in [3.63, 3.8) is 0 Å². The van der Waals surface area contributed by atoms with Crippen LogP contribution in [0.5, 0.6) is 0 Å². The van der Waals surface area contributed by atoms with E-state index in [-0.39, 0.29) is 29.4 Å². The van der Waals surface area contributed by atoms with Gasteiger partial charge in [0, 0.05) is 31.7 Å². The van der Waals surface area contributed by atoms with Crippen molar-refractivity contribution in [1.29, 1.82) is 0 Å². The van der Waals surface area contributed by atoms with Crippen LogP contribution in [0, 0.1) is 0 Å². The van der Waals surface area contributed by atoms with Crippen LogP contribution in [-0.4, -0.2) is 38.8 Å². The van der Waals surface area contributed by atoms with Gasteiger partial charge in [0.1, 0.15) is 0 Å². The van der Waals surface area contributed by atoms with Gasteiger partial charge in [-0.25, -0.2) is 0 Å². The Hall–Kier alpha value is -0.820. The molecule has 0 aliphatic heterocycles. The van der Waals surface area contributed by atoms with Crippen LogP contribution in [0.3, 0.4) is 0 Å². The molecular weight excluding hydrogens is 425 g/mol. The minimum absolute atomic E-state index is 0. The molecule has 1 saturated carbocycles. The van der Waals surface area contributed by atoms with Crippen LogP contribution >= 0.6 is 24.0 Å². The van der Waals surface area contributed by atoms with Gasteiger partial charge in [-0.1, -0.05) is 36.8 Å². The normalized spacial score (nSPS) is 15.8. The van der Waals surface area contributed by atoms with Crippen LogP contribution in [0.2, 0.25) is 0 Å². The minimum atomic E-state index is 0. The van der Waals surface area contributed by atoms with Gasteiger partial charge >= 0.3 is 0 Å². The van der Waals surface area contributed by atoms with Crippen LogP contribution in [-0.2, 0) is 10.2 Å². The summed E-state index contributed by atoms with van der Waals surface area (Å²) < 4.78 is 5.38. The number of hydrogen-bond acceptors (Lipinski definition) is 2. The number of aliphatic imine (C=N–C) groups is 1. The second-order valence-corrected chi connectivity index (χ2v) is 6.53. The van der Waals surface area contributed by atoms with Crippen molar-refractivity contribution >= 4 is 29.9 Å². The Bertz CT molecular complexity index is 489. The van der Waals surface area contributed by atoms with Crippen molar-refractivity contribution in [2.24, 2.45) is 4.99 Å². The molecule has 0 radical (unpaired) electrons. The standard InChI is InChI=1S/C20H33N3O.HI/c1-3-21-19(22-15-8-9-16-24-4-2)23-17-20(13-10-14-20)18-11-6-5-7-12-18;/h5-7,11-12H,3-4,8-10,13-17H2,1-2H3,(H2,21,22,23);1H. The number of nitrogens with one attached hydrogen (secondary N) is 2. The largest absolute Gasteiger partial charge is 0.382 e. The van der Waals surface area contributed by atoms with Gasteiger partial charge in [-0.3, -0.25) is 4.99 Å². The Balaban J connectivity index is 0.00000312. The number of rotatable bonds is 10. The first-order chi connectivity index (χ1) is 11.8. The molecule has 25 heavy (non-hydrogen) atoms. The number of unbranched alkanes of at least 4 members (excludes halogenated alkanes) is 1. The van der Waals surface area contributed by atoms with Gasteiger partial charge in [0.05, 0.1) is 6.54 Å². The number of nitrogens with zero attached hydrogens (tertiary/aromatic N) is 1. The molecule has 1 aromatic carbocycles. The van der Waals surface area contributed by atoms with Crippen LogP contribution < -0.4 is 10.6 Å². The molecule has 1 fully saturated rings. The molecule has 0 unspecified atom stereocenters. The maximum absolute atomic E-state index is 5.38. The molecule has 0 bridgehead atoms. The average molecular weight is 459 g/mol. The highest BCUT2D eigenvalue weighted by atomic mass is 127. The lowest BCUT2D eigenvalue weighted by Crippen LogP contribution is -2.42. The summed E-state index contributed by atoms with van der Waals surface area (Å²) >= 11 is 0. The number of hydrogen-bond donors (Lipinski definition) is 2. The summed E-state index contributed by atoms with van der Waals surface area (Å²) in [5, 5.41) is 6.82. The van der Waals surface area contributed by atoms with Crippen molar-refractivity contribution in [1.82, 2.24) is 10.6 Å². The third-order valence-electron chi connectivity index (χ3n) is 4.79. The Kier molecular flexibility index (Phi) is 11.1. The second-order valence-electron chi connectivity index (χ2n) is 6.53. The van der Waals surface area contributed by atoms with E-state index in [2.05, 4.69) is 47.9 Å². The summed E-state index contributed by atoms with van der Waals surface area (Å²) in [5.41, 5.74) is 1.69. The summed E-state index contributed by atoms with van der Waals surface area (Å²) in [6.45, 7) is 8.51. The molecule has 2 rings (SSSR count). The van der Waals surface area contributed by atoms with E-state index >= 15 is 0 Å². The van der Waals surface area contributed by atoms with Crippen LogP contribution in [0.15, 0.2) is 35.3 Å². The molecule has 0 aromatic heterocycles. The van der Waals surface area contributed by atoms with Crippen LogP contribution in [0.1, 0.15) is 51.5 Å². The van der Waals surface area contributed by atoms with Gasteiger partial charge in [0.15, 0.2) is 5.96 Å². The molecule has 5 heteroatoms. The van der Waals surface area contributed by atoms with E-state index in [9.17, 15) is 0 Å². The van der Waals surface area contributed by atoms with Gasteiger partial charge in [-0.2, -0.15) is 0 Å².